The Balaban J connectivity index is 0.00000169. The highest BCUT2D eigenvalue weighted by molar-refractivity contribution is 7.90. The van der Waals surface area contributed by atoms with Gasteiger partial charge >= 0.3 is 0 Å². The molecule has 1 unspecified atom stereocenters. The average molecular weight is 421 g/mol. The fraction of sp³-hybridized carbons (Fsp3) is 0.375. The van der Waals surface area contributed by atoms with Crippen molar-refractivity contribution in [1.82, 2.24) is 15.3 Å². The molecule has 2 heterocycles. The van der Waals surface area contributed by atoms with Gasteiger partial charge in [-0.3, -0.25) is 0 Å². The highest BCUT2D eigenvalue weighted by Crippen LogP contribution is 2.32. The van der Waals surface area contributed by atoms with Crippen LogP contribution in [-0.4, -0.2) is 42.8 Å². The summed E-state index contributed by atoms with van der Waals surface area (Å²) in [5.74, 6) is 0.286. The molecule has 1 saturated heterocycles. The van der Waals surface area contributed by atoms with Gasteiger partial charge in [0.05, 0.1) is 16.3 Å². The first-order chi connectivity index (χ1) is 11.3. The zero-order valence-electron chi connectivity index (χ0n) is 14.2. The van der Waals surface area contributed by atoms with Crippen molar-refractivity contribution in [3.05, 3.63) is 30.0 Å². The summed E-state index contributed by atoms with van der Waals surface area (Å²) in [5, 5.41) is 13.5. The molecule has 3 rings (SSSR count). The minimum atomic E-state index is -3.39. The molecule has 2 aromatic rings. The lowest BCUT2D eigenvalue weighted by Crippen LogP contribution is -2.29. The second-order valence-electron chi connectivity index (χ2n) is 6.03. The number of benzene rings is 1. The third kappa shape index (κ3) is 4.97. The number of piperidine rings is 1. The summed E-state index contributed by atoms with van der Waals surface area (Å²) in [6.45, 7) is 1.80. The first-order valence-electron chi connectivity index (χ1n) is 7.73. The number of hydrogen-bond donors (Lipinski definition) is 3. The SMILES string of the molecule is CS(=O)(=O)c1ccc(O)c(-c2cc(C3CCCNC3)nc(N)n2)c1.Cl.Cl. The van der Waals surface area contributed by atoms with Crippen LogP contribution in [0.2, 0.25) is 0 Å². The van der Waals surface area contributed by atoms with E-state index in [1.54, 1.807) is 6.07 Å². The van der Waals surface area contributed by atoms with Gasteiger partial charge in [-0.25, -0.2) is 18.4 Å². The van der Waals surface area contributed by atoms with E-state index in [-0.39, 0.29) is 47.3 Å². The summed E-state index contributed by atoms with van der Waals surface area (Å²) in [6, 6.07) is 5.90. The summed E-state index contributed by atoms with van der Waals surface area (Å²) >= 11 is 0. The van der Waals surface area contributed by atoms with Gasteiger partial charge in [0.2, 0.25) is 5.95 Å². The molecule has 26 heavy (non-hydrogen) atoms. The molecule has 0 amide bonds. The normalized spacial score (nSPS) is 17.0. The van der Waals surface area contributed by atoms with Gasteiger partial charge in [0.25, 0.3) is 0 Å². The third-order valence-electron chi connectivity index (χ3n) is 4.15. The Morgan fingerprint density at radius 2 is 1.96 bits per heavy atom. The van der Waals surface area contributed by atoms with E-state index >= 15 is 0 Å². The van der Waals surface area contributed by atoms with E-state index in [4.69, 9.17) is 5.73 Å². The van der Waals surface area contributed by atoms with E-state index in [0.29, 0.717) is 11.3 Å². The lowest BCUT2D eigenvalue weighted by Gasteiger charge is -2.22. The van der Waals surface area contributed by atoms with E-state index in [9.17, 15) is 13.5 Å². The van der Waals surface area contributed by atoms with E-state index < -0.39 is 9.84 Å². The number of phenolic OH excluding ortho intramolecular Hbond substituents is 1. The summed E-state index contributed by atoms with van der Waals surface area (Å²) in [7, 11) is -3.39. The molecule has 7 nitrogen and oxygen atoms in total. The zero-order chi connectivity index (χ0) is 17.3. The van der Waals surface area contributed by atoms with Gasteiger partial charge < -0.3 is 16.2 Å². The van der Waals surface area contributed by atoms with Crippen molar-refractivity contribution in [2.24, 2.45) is 0 Å². The van der Waals surface area contributed by atoms with Crippen LogP contribution in [0.1, 0.15) is 24.5 Å². The molecule has 0 aliphatic carbocycles. The predicted molar refractivity (Wildman–Crippen MR) is 106 cm³/mol. The van der Waals surface area contributed by atoms with Crippen molar-refractivity contribution < 1.29 is 13.5 Å². The van der Waals surface area contributed by atoms with E-state index in [1.807, 2.05) is 0 Å². The molecule has 1 aliphatic rings. The average Bonchev–Trinajstić information content (AvgIpc) is 2.54. The molecule has 10 heteroatoms. The number of hydrogen-bond acceptors (Lipinski definition) is 7. The second kappa shape index (κ2) is 8.85. The van der Waals surface area contributed by atoms with Gasteiger partial charge in [0.15, 0.2) is 9.84 Å². The van der Waals surface area contributed by atoms with Crippen molar-refractivity contribution in [2.45, 2.75) is 23.7 Å². The molecule has 144 valence electrons. The molecule has 0 saturated carbocycles. The van der Waals surface area contributed by atoms with Crippen molar-refractivity contribution in [1.29, 1.82) is 0 Å². The number of aromatic hydroxyl groups is 1. The highest BCUT2D eigenvalue weighted by atomic mass is 35.5. The summed E-state index contributed by atoms with van der Waals surface area (Å²) in [4.78, 5) is 8.60. The molecule has 0 spiro atoms. The molecule has 1 aromatic heterocycles. The number of nitrogens with two attached hydrogens (primary N) is 1. The van der Waals surface area contributed by atoms with Crippen LogP contribution in [0.4, 0.5) is 5.95 Å². The van der Waals surface area contributed by atoms with Crippen LogP contribution < -0.4 is 11.1 Å². The first kappa shape index (κ1) is 22.4. The molecule has 4 N–H and O–H groups in total. The molecule has 1 fully saturated rings. The molecule has 0 bridgehead atoms. The standard InChI is InChI=1S/C16H20N4O3S.2ClH/c1-24(22,23)11-4-5-15(21)12(7-11)14-8-13(19-16(17)20-14)10-3-2-6-18-9-10;;/h4-5,7-8,10,18,21H,2-3,6,9H2,1H3,(H2,17,19,20);2*1H. The van der Waals surface area contributed by atoms with Gasteiger partial charge in [-0.1, -0.05) is 0 Å². The minimum absolute atomic E-state index is 0. The Bertz CT molecular complexity index is 872. The fourth-order valence-corrected chi connectivity index (χ4v) is 3.53. The van der Waals surface area contributed by atoms with Crippen LogP contribution in [0.5, 0.6) is 5.75 Å². The van der Waals surface area contributed by atoms with Crippen LogP contribution in [-0.2, 0) is 9.84 Å². The van der Waals surface area contributed by atoms with Gasteiger partial charge in [-0.15, -0.1) is 24.8 Å². The number of aromatic nitrogens is 2. The topological polar surface area (TPSA) is 118 Å². The number of halogens is 2. The number of phenols is 1. The maximum atomic E-state index is 11.8. The van der Waals surface area contributed by atoms with Crippen molar-refractivity contribution in [3.63, 3.8) is 0 Å². The van der Waals surface area contributed by atoms with Crippen LogP contribution in [0.3, 0.4) is 0 Å². The molecule has 1 aromatic carbocycles. The number of nitrogen functional groups attached to an aromatic ring is 1. The number of rotatable bonds is 3. The number of nitrogens with zero attached hydrogens (tertiary/aromatic N) is 2. The smallest absolute Gasteiger partial charge is 0.220 e. The number of anilines is 1. The Morgan fingerprint density at radius 1 is 1.23 bits per heavy atom. The lowest BCUT2D eigenvalue weighted by molar-refractivity contribution is 0.454. The molecular weight excluding hydrogens is 399 g/mol. The minimum Gasteiger partial charge on any atom is -0.507 e. The van der Waals surface area contributed by atoms with Crippen LogP contribution in [0, 0.1) is 0 Å². The Morgan fingerprint density at radius 3 is 2.58 bits per heavy atom. The number of sulfone groups is 1. The highest BCUT2D eigenvalue weighted by Gasteiger charge is 2.20. The fourth-order valence-electron chi connectivity index (χ4n) is 2.89. The third-order valence-corrected chi connectivity index (χ3v) is 5.26. The van der Waals surface area contributed by atoms with Crippen LogP contribution >= 0.6 is 24.8 Å². The molecule has 1 atom stereocenters. The van der Waals surface area contributed by atoms with Gasteiger partial charge in [-0.05, 0) is 43.7 Å². The quantitative estimate of drug-likeness (QED) is 0.695. The molecular formula is C16H22Cl2N4O3S. The Kier molecular flexibility index (Phi) is 7.64. The summed E-state index contributed by atoms with van der Waals surface area (Å²) < 4.78 is 23.5. The summed E-state index contributed by atoms with van der Waals surface area (Å²) in [6.07, 6.45) is 3.17. The van der Waals surface area contributed by atoms with Crippen LogP contribution in [0.25, 0.3) is 11.3 Å². The Hall–Kier alpha value is -1.61. The Labute approximate surface area is 165 Å². The maximum Gasteiger partial charge on any atom is 0.220 e. The van der Waals surface area contributed by atoms with Crippen molar-refractivity contribution in [2.75, 3.05) is 25.1 Å². The van der Waals surface area contributed by atoms with Crippen molar-refractivity contribution in [3.8, 4) is 17.0 Å². The predicted octanol–water partition coefficient (Wildman–Crippen LogP) is 2.15. The number of nitrogens with one attached hydrogen (secondary N) is 1. The largest absolute Gasteiger partial charge is 0.507 e. The lowest BCUT2D eigenvalue weighted by atomic mass is 9.95. The molecule has 1 aliphatic heterocycles. The van der Waals surface area contributed by atoms with Gasteiger partial charge in [0.1, 0.15) is 5.75 Å². The van der Waals surface area contributed by atoms with Gasteiger partial charge in [0, 0.05) is 24.3 Å². The second-order valence-corrected chi connectivity index (χ2v) is 8.05. The summed E-state index contributed by atoms with van der Waals surface area (Å²) in [5.41, 5.74) is 7.39. The molecule has 0 radical (unpaired) electrons. The van der Waals surface area contributed by atoms with E-state index in [2.05, 4.69) is 15.3 Å². The van der Waals surface area contributed by atoms with Crippen LogP contribution in [0.15, 0.2) is 29.2 Å². The van der Waals surface area contributed by atoms with E-state index in [1.165, 1.54) is 18.2 Å². The zero-order valence-corrected chi connectivity index (χ0v) is 16.6. The van der Waals surface area contributed by atoms with E-state index in [0.717, 1.165) is 37.9 Å². The maximum absolute atomic E-state index is 11.8. The van der Waals surface area contributed by atoms with Crippen molar-refractivity contribution >= 4 is 40.6 Å². The monoisotopic (exact) mass is 420 g/mol. The first-order valence-corrected chi connectivity index (χ1v) is 9.62. The van der Waals surface area contributed by atoms with Gasteiger partial charge in [-0.2, -0.15) is 0 Å².